The molecule has 0 amide bonds. The lowest BCUT2D eigenvalue weighted by Crippen LogP contribution is -1.95. The molecule has 0 saturated heterocycles. The monoisotopic (exact) mass is 243 g/mol. The Balaban J connectivity index is 0.00000112. The number of hydrogen-bond donors (Lipinski definition) is 1. The maximum atomic E-state index is 5.73. The molecule has 1 fully saturated rings. The average Bonchev–Trinajstić information content (AvgIpc) is 2.67. The zero-order chi connectivity index (χ0) is 9.80. The largest absolute Gasteiger partial charge is 0.399 e. The van der Waals surface area contributed by atoms with E-state index < -0.39 is 0 Å². The van der Waals surface area contributed by atoms with Crippen LogP contribution in [0.5, 0.6) is 0 Å². The number of benzene rings is 1. The third kappa shape index (κ3) is 3.96. The summed E-state index contributed by atoms with van der Waals surface area (Å²) in [6.45, 7) is 0. The van der Waals surface area contributed by atoms with Gasteiger partial charge < -0.3 is 5.73 Å². The molecule has 3 heteroatoms. The quantitative estimate of drug-likeness (QED) is 0.816. The minimum absolute atomic E-state index is 0. The molecule has 1 saturated carbocycles. The van der Waals surface area contributed by atoms with Gasteiger partial charge in [-0.1, -0.05) is 25.0 Å². The smallest absolute Gasteiger partial charge is 0.0317 e. The van der Waals surface area contributed by atoms with Crippen LogP contribution in [0.3, 0.4) is 0 Å². The molecular weight excluding hydrogens is 226 g/mol. The summed E-state index contributed by atoms with van der Waals surface area (Å²) < 4.78 is 0. The molecule has 2 N–H and O–H groups in total. The molecule has 1 nitrogen and oxygen atoms in total. The van der Waals surface area contributed by atoms with Gasteiger partial charge in [-0.05, 0) is 30.5 Å². The molecule has 1 aliphatic rings. The lowest BCUT2D eigenvalue weighted by molar-refractivity contribution is 0.886. The molecule has 0 bridgehead atoms. The SMILES string of the molecule is Cl.Nc1cccc(CSC2CCCC2)c1. The Morgan fingerprint density at radius 2 is 2.00 bits per heavy atom. The van der Waals surface area contributed by atoms with Crippen molar-refractivity contribution in [2.45, 2.75) is 36.7 Å². The fourth-order valence-corrected chi connectivity index (χ4v) is 3.23. The van der Waals surface area contributed by atoms with Gasteiger partial charge >= 0.3 is 0 Å². The van der Waals surface area contributed by atoms with Crippen molar-refractivity contribution in [3.8, 4) is 0 Å². The van der Waals surface area contributed by atoms with Crippen LogP contribution in [0.2, 0.25) is 0 Å². The first-order chi connectivity index (χ1) is 6.84. The second-order valence-electron chi connectivity index (χ2n) is 3.96. The molecule has 0 aliphatic heterocycles. The van der Waals surface area contributed by atoms with Gasteiger partial charge in [0.1, 0.15) is 0 Å². The predicted molar refractivity (Wildman–Crippen MR) is 71.7 cm³/mol. The van der Waals surface area contributed by atoms with E-state index in [-0.39, 0.29) is 12.4 Å². The van der Waals surface area contributed by atoms with Crippen LogP contribution in [0.4, 0.5) is 5.69 Å². The molecule has 84 valence electrons. The molecule has 0 aromatic heterocycles. The van der Waals surface area contributed by atoms with Crippen molar-refractivity contribution in [1.29, 1.82) is 0 Å². The molecule has 0 atom stereocenters. The van der Waals surface area contributed by atoms with E-state index in [0.29, 0.717) is 0 Å². The number of rotatable bonds is 3. The van der Waals surface area contributed by atoms with E-state index in [1.165, 1.54) is 31.2 Å². The number of nitrogen functional groups attached to an aromatic ring is 1. The Morgan fingerprint density at radius 1 is 1.27 bits per heavy atom. The zero-order valence-corrected chi connectivity index (χ0v) is 10.4. The predicted octanol–water partition coefficient (Wildman–Crippen LogP) is 3.87. The van der Waals surface area contributed by atoms with Crippen LogP contribution in [0.15, 0.2) is 24.3 Å². The van der Waals surface area contributed by atoms with Crippen LogP contribution < -0.4 is 5.73 Å². The highest BCUT2D eigenvalue weighted by Crippen LogP contribution is 2.31. The van der Waals surface area contributed by atoms with Gasteiger partial charge in [-0.15, -0.1) is 12.4 Å². The van der Waals surface area contributed by atoms with Gasteiger partial charge in [0.15, 0.2) is 0 Å². The first-order valence-corrected chi connectivity index (χ1v) is 6.35. The summed E-state index contributed by atoms with van der Waals surface area (Å²) in [4.78, 5) is 0. The molecule has 0 radical (unpaired) electrons. The van der Waals surface area contributed by atoms with Gasteiger partial charge in [0, 0.05) is 16.7 Å². The fraction of sp³-hybridized carbons (Fsp3) is 0.500. The maximum Gasteiger partial charge on any atom is 0.0317 e. The van der Waals surface area contributed by atoms with Crippen molar-refractivity contribution in [3.63, 3.8) is 0 Å². The van der Waals surface area contributed by atoms with Crippen LogP contribution in [0.1, 0.15) is 31.2 Å². The van der Waals surface area contributed by atoms with E-state index in [1.807, 2.05) is 12.1 Å². The molecule has 1 aromatic carbocycles. The van der Waals surface area contributed by atoms with Crippen LogP contribution in [0.25, 0.3) is 0 Å². The topological polar surface area (TPSA) is 26.0 Å². The minimum atomic E-state index is 0. The summed E-state index contributed by atoms with van der Waals surface area (Å²) in [5, 5.41) is 0.899. The number of halogens is 1. The van der Waals surface area contributed by atoms with E-state index in [4.69, 9.17) is 5.73 Å². The van der Waals surface area contributed by atoms with E-state index in [9.17, 15) is 0 Å². The molecule has 0 unspecified atom stereocenters. The first-order valence-electron chi connectivity index (χ1n) is 5.30. The lowest BCUT2D eigenvalue weighted by atomic mass is 10.2. The van der Waals surface area contributed by atoms with Crippen molar-refractivity contribution in [2.24, 2.45) is 0 Å². The van der Waals surface area contributed by atoms with Gasteiger partial charge in [0.25, 0.3) is 0 Å². The molecule has 1 aromatic rings. The summed E-state index contributed by atoms with van der Waals surface area (Å²) in [6, 6.07) is 8.24. The Bertz CT molecular complexity index is 297. The summed E-state index contributed by atoms with van der Waals surface area (Å²) >= 11 is 2.09. The second-order valence-corrected chi connectivity index (χ2v) is 5.25. The average molecular weight is 244 g/mol. The van der Waals surface area contributed by atoms with Gasteiger partial charge in [-0.25, -0.2) is 0 Å². The van der Waals surface area contributed by atoms with Crippen LogP contribution in [-0.4, -0.2) is 5.25 Å². The zero-order valence-electron chi connectivity index (χ0n) is 8.82. The van der Waals surface area contributed by atoms with Gasteiger partial charge in [0.05, 0.1) is 0 Å². The van der Waals surface area contributed by atoms with Crippen LogP contribution in [0, 0.1) is 0 Å². The summed E-state index contributed by atoms with van der Waals surface area (Å²) in [5.74, 6) is 1.12. The Kier molecular flexibility index (Phi) is 5.34. The van der Waals surface area contributed by atoms with Crippen molar-refractivity contribution >= 4 is 29.9 Å². The summed E-state index contributed by atoms with van der Waals surface area (Å²) in [6.07, 6.45) is 5.67. The number of hydrogen-bond acceptors (Lipinski definition) is 2. The number of anilines is 1. The van der Waals surface area contributed by atoms with Crippen molar-refractivity contribution in [1.82, 2.24) is 0 Å². The molecule has 15 heavy (non-hydrogen) atoms. The maximum absolute atomic E-state index is 5.73. The highest BCUT2D eigenvalue weighted by molar-refractivity contribution is 7.99. The van der Waals surface area contributed by atoms with Gasteiger partial charge in [0.2, 0.25) is 0 Å². The first kappa shape index (κ1) is 12.7. The third-order valence-corrected chi connectivity index (χ3v) is 4.18. The highest BCUT2D eigenvalue weighted by atomic mass is 35.5. The van der Waals surface area contributed by atoms with Gasteiger partial charge in [-0.3, -0.25) is 0 Å². The van der Waals surface area contributed by atoms with E-state index in [1.54, 1.807) is 0 Å². The number of nitrogens with two attached hydrogens (primary N) is 1. The Labute approximate surface area is 102 Å². The van der Waals surface area contributed by atoms with Gasteiger partial charge in [-0.2, -0.15) is 11.8 Å². The molecule has 0 spiro atoms. The highest BCUT2D eigenvalue weighted by Gasteiger charge is 2.14. The van der Waals surface area contributed by atoms with Crippen molar-refractivity contribution in [2.75, 3.05) is 5.73 Å². The Hall–Kier alpha value is -0.340. The van der Waals surface area contributed by atoms with Crippen molar-refractivity contribution < 1.29 is 0 Å². The van der Waals surface area contributed by atoms with Crippen LogP contribution in [-0.2, 0) is 5.75 Å². The van der Waals surface area contributed by atoms with E-state index >= 15 is 0 Å². The molecular formula is C12H18ClNS. The molecule has 2 rings (SSSR count). The lowest BCUT2D eigenvalue weighted by Gasteiger charge is -2.08. The normalized spacial score (nSPS) is 16.3. The summed E-state index contributed by atoms with van der Waals surface area (Å²) in [7, 11) is 0. The number of thioether (sulfide) groups is 1. The molecule has 0 heterocycles. The van der Waals surface area contributed by atoms with Crippen molar-refractivity contribution in [3.05, 3.63) is 29.8 Å². The molecule has 1 aliphatic carbocycles. The van der Waals surface area contributed by atoms with E-state index in [2.05, 4.69) is 23.9 Å². The standard InChI is InChI=1S/C12H17NS.ClH/c13-11-5-3-4-10(8-11)9-14-12-6-1-2-7-12;/h3-5,8,12H,1-2,6-7,9,13H2;1H. The Morgan fingerprint density at radius 3 is 2.67 bits per heavy atom. The summed E-state index contributed by atoms with van der Waals surface area (Å²) in [5.41, 5.74) is 7.98. The second kappa shape index (κ2) is 6.29. The minimum Gasteiger partial charge on any atom is -0.399 e. The third-order valence-electron chi connectivity index (χ3n) is 2.74. The van der Waals surface area contributed by atoms with Crippen LogP contribution >= 0.6 is 24.2 Å². The fourth-order valence-electron chi connectivity index (χ4n) is 1.95. The van der Waals surface area contributed by atoms with E-state index in [0.717, 1.165) is 16.7 Å².